The summed E-state index contributed by atoms with van der Waals surface area (Å²) in [5.74, 6) is 3.80. The zero-order valence-corrected chi connectivity index (χ0v) is 23.1. The number of benzene rings is 1. The van der Waals surface area contributed by atoms with E-state index in [1.807, 2.05) is 0 Å². The molecular weight excluding hydrogens is 400 g/mol. The first-order valence-corrected chi connectivity index (χ1v) is 14.8. The van der Waals surface area contributed by atoms with Gasteiger partial charge in [-0.25, -0.2) is 10.0 Å². The van der Waals surface area contributed by atoms with Crippen molar-refractivity contribution in [1.29, 1.82) is 0 Å². The van der Waals surface area contributed by atoms with Gasteiger partial charge in [-0.05, 0) is 89.5 Å². The van der Waals surface area contributed by atoms with Crippen LogP contribution in [-0.2, 0) is 0 Å². The Morgan fingerprint density at radius 1 is 0.871 bits per heavy atom. The van der Waals surface area contributed by atoms with Crippen LogP contribution in [0, 0.1) is 28.6 Å². The smallest absolute Gasteiger partial charge is 0.119 e. The summed E-state index contributed by atoms with van der Waals surface area (Å²) in [6.07, 6.45) is 9.55. The Morgan fingerprint density at radius 2 is 1.42 bits per heavy atom. The first-order chi connectivity index (χ1) is 14.1. The largest absolute Gasteiger partial charge is 0.493 e. The van der Waals surface area contributed by atoms with Crippen molar-refractivity contribution in [2.45, 2.75) is 86.0 Å². The van der Waals surface area contributed by atoms with E-state index in [1.54, 1.807) is 0 Å². The van der Waals surface area contributed by atoms with Crippen LogP contribution >= 0.6 is 10.0 Å². The average Bonchev–Trinajstić information content (AvgIpc) is 2.59. The molecule has 0 aromatic heterocycles. The van der Waals surface area contributed by atoms with Gasteiger partial charge in [0.05, 0.1) is 13.2 Å². The number of aliphatic hydroxyl groups is 1. The zero-order valence-electron chi connectivity index (χ0n) is 22.3. The fourth-order valence-corrected chi connectivity index (χ4v) is 6.33. The van der Waals surface area contributed by atoms with Crippen molar-refractivity contribution >= 4 is 10.0 Å². The maximum atomic E-state index is 9.34. The van der Waals surface area contributed by atoms with Gasteiger partial charge in [0.25, 0.3) is 0 Å². The van der Waals surface area contributed by atoms with Crippen molar-refractivity contribution in [2.24, 2.45) is 28.6 Å². The van der Waals surface area contributed by atoms with E-state index in [-0.39, 0.29) is 6.61 Å². The van der Waals surface area contributed by atoms with Crippen molar-refractivity contribution in [1.82, 2.24) is 0 Å². The third-order valence-electron chi connectivity index (χ3n) is 6.26. The standard InChI is InChI=1S/C28H52O2S/c1-22(19-27(3,4)5)11-12-24(23(2)20-28(6,7)8)21-30-25-13-15-26(16-14-25)31(9,10)18-17-29/h13-16,22-24,29H,11-12,17-21H2,1-10H3. The van der Waals surface area contributed by atoms with Crippen LogP contribution < -0.4 is 4.74 Å². The molecule has 3 heteroatoms. The Labute approximate surface area is 195 Å². The molecule has 1 aromatic rings. The lowest BCUT2D eigenvalue weighted by Crippen LogP contribution is -2.25. The Hall–Kier alpha value is -0.670. The molecule has 0 aliphatic heterocycles. The summed E-state index contributed by atoms with van der Waals surface area (Å²) in [5, 5.41) is 9.34. The van der Waals surface area contributed by atoms with Gasteiger partial charge in [0, 0.05) is 5.75 Å². The topological polar surface area (TPSA) is 29.5 Å². The molecule has 0 bridgehead atoms. The molecule has 182 valence electrons. The minimum Gasteiger partial charge on any atom is -0.493 e. The van der Waals surface area contributed by atoms with Crippen molar-refractivity contribution in [3.63, 3.8) is 0 Å². The second-order valence-corrected chi connectivity index (χ2v) is 16.7. The predicted octanol–water partition coefficient (Wildman–Crippen LogP) is 8.02. The highest BCUT2D eigenvalue weighted by Gasteiger charge is 2.25. The van der Waals surface area contributed by atoms with Gasteiger partial charge < -0.3 is 9.84 Å². The molecule has 1 N–H and O–H groups in total. The molecule has 1 aromatic carbocycles. The molecule has 0 spiro atoms. The highest BCUT2D eigenvalue weighted by molar-refractivity contribution is 8.32. The summed E-state index contributed by atoms with van der Waals surface area (Å²) in [5.41, 5.74) is 0.743. The SMILES string of the molecule is CC(CCC(COc1ccc(S(C)(C)CCO)cc1)C(C)CC(C)(C)C)CC(C)(C)C. The van der Waals surface area contributed by atoms with Crippen LogP contribution in [0.5, 0.6) is 5.75 Å². The lowest BCUT2D eigenvalue weighted by molar-refractivity contribution is 0.147. The number of hydrogen-bond acceptors (Lipinski definition) is 2. The highest BCUT2D eigenvalue weighted by atomic mass is 32.3. The molecule has 3 unspecified atom stereocenters. The van der Waals surface area contributed by atoms with E-state index in [0.717, 1.165) is 24.0 Å². The molecule has 0 fully saturated rings. The lowest BCUT2D eigenvalue weighted by Gasteiger charge is -2.32. The predicted molar refractivity (Wildman–Crippen MR) is 141 cm³/mol. The van der Waals surface area contributed by atoms with E-state index in [2.05, 4.69) is 92.2 Å². The quantitative estimate of drug-likeness (QED) is 0.348. The van der Waals surface area contributed by atoms with E-state index in [1.165, 1.54) is 30.6 Å². The van der Waals surface area contributed by atoms with Gasteiger partial charge in [0.1, 0.15) is 5.75 Å². The molecule has 0 heterocycles. The molecule has 0 radical (unpaired) electrons. The number of hydrogen-bond donors (Lipinski definition) is 1. The number of aliphatic hydroxyl groups excluding tert-OH is 1. The van der Waals surface area contributed by atoms with Crippen molar-refractivity contribution in [3.8, 4) is 5.75 Å². The maximum Gasteiger partial charge on any atom is 0.119 e. The van der Waals surface area contributed by atoms with Crippen molar-refractivity contribution < 1.29 is 9.84 Å². The fraction of sp³-hybridized carbons (Fsp3) is 0.786. The van der Waals surface area contributed by atoms with Crippen LogP contribution in [0.4, 0.5) is 0 Å². The molecular formula is C28H52O2S. The molecule has 2 nitrogen and oxygen atoms in total. The lowest BCUT2D eigenvalue weighted by atomic mass is 9.76. The summed E-state index contributed by atoms with van der Waals surface area (Å²) in [7, 11) is -0.931. The Kier molecular flexibility index (Phi) is 11.0. The van der Waals surface area contributed by atoms with Gasteiger partial charge >= 0.3 is 0 Å². The monoisotopic (exact) mass is 452 g/mol. The first kappa shape index (κ1) is 28.4. The van der Waals surface area contributed by atoms with Crippen LogP contribution in [0.25, 0.3) is 0 Å². The second-order valence-electron chi connectivity index (χ2n) is 12.7. The minimum absolute atomic E-state index is 0.252. The molecule has 31 heavy (non-hydrogen) atoms. The normalized spacial score (nSPS) is 16.6. The van der Waals surface area contributed by atoms with E-state index >= 15 is 0 Å². The van der Waals surface area contributed by atoms with Gasteiger partial charge in [-0.15, -0.1) is 0 Å². The molecule has 0 saturated carbocycles. The molecule has 0 amide bonds. The zero-order chi connectivity index (χ0) is 23.9. The summed E-state index contributed by atoms with van der Waals surface area (Å²) in [6.45, 7) is 20.0. The van der Waals surface area contributed by atoms with Gasteiger partial charge in [0.15, 0.2) is 0 Å². The van der Waals surface area contributed by atoms with Crippen LogP contribution in [0.3, 0.4) is 0 Å². The molecule has 0 aliphatic rings. The van der Waals surface area contributed by atoms with Crippen molar-refractivity contribution in [3.05, 3.63) is 24.3 Å². The van der Waals surface area contributed by atoms with Crippen LogP contribution in [-0.4, -0.2) is 36.6 Å². The number of rotatable bonds is 12. The highest BCUT2D eigenvalue weighted by Crippen LogP contribution is 2.48. The van der Waals surface area contributed by atoms with Crippen LogP contribution in [0.2, 0.25) is 0 Å². The summed E-state index contributed by atoms with van der Waals surface area (Å²) in [4.78, 5) is 1.34. The van der Waals surface area contributed by atoms with Crippen LogP contribution in [0.15, 0.2) is 29.2 Å². The van der Waals surface area contributed by atoms with E-state index in [4.69, 9.17) is 4.74 Å². The average molecular weight is 453 g/mol. The number of ether oxygens (including phenoxy) is 1. The van der Waals surface area contributed by atoms with Crippen LogP contribution in [0.1, 0.15) is 81.1 Å². The van der Waals surface area contributed by atoms with E-state index in [0.29, 0.717) is 22.7 Å². The molecule has 0 aliphatic carbocycles. The summed E-state index contributed by atoms with van der Waals surface area (Å²) >= 11 is 0. The second kappa shape index (κ2) is 12.0. The Bertz CT molecular complexity index is 622. The van der Waals surface area contributed by atoms with E-state index < -0.39 is 10.0 Å². The Morgan fingerprint density at radius 3 is 1.90 bits per heavy atom. The van der Waals surface area contributed by atoms with Gasteiger partial charge in [-0.3, -0.25) is 0 Å². The fourth-order valence-electron chi connectivity index (χ4n) is 4.76. The third-order valence-corrected chi connectivity index (χ3v) is 9.01. The van der Waals surface area contributed by atoms with Gasteiger partial charge in [0.2, 0.25) is 0 Å². The van der Waals surface area contributed by atoms with Gasteiger partial charge in [-0.1, -0.05) is 61.8 Å². The third kappa shape index (κ3) is 11.7. The van der Waals surface area contributed by atoms with Gasteiger partial charge in [-0.2, -0.15) is 0 Å². The van der Waals surface area contributed by atoms with Crippen molar-refractivity contribution in [2.75, 3.05) is 31.5 Å². The Balaban J connectivity index is 2.78. The first-order valence-electron chi connectivity index (χ1n) is 12.2. The summed E-state index contributed by atoms with van der Waals surface area (Å²) in [6, 6.07) is 8.63. The molecule has 0 saturated heterocycles. The maximum absolute atomic E-state index is 9.34. The van der Waals surface area contributed by atoms with E-state index in [9.17, 15) is 5.11 Å². The molecule has 1 rings (SSSR count). The summed E-state index contributed by atoms with van der Waals surface area (Å²) < 4.78 is 6.32. The molecule has 3 atom stereocenters. The minimum atomic E-state index is -0.931.